The monoisotopic (exact) mass is 285 g/mol. The van der Waals surface area contributed by atoms with Gasteiger partial charge in [0.05, 0.1) is 0 Å². The largest absolute Gasteiger partial charge is 0.451 e. The van der Waals surface area contributed by atoms with E-state index < -0.39 is 29.7 Å². The Labute approximate surface area is 114 Å². The van der Waals surface area contributed by atoms with Crippen LogP contribution in [0.2, 0.25) is 0 Å². The second-order valence-electron chi connectivity index (χ2n) is 4.71. The number of halogens is 3. The van der Waals surface area contributed by atoms with Crippen molar-refractivity contribution in [3.8, 4) is 0 Å². The predicted molar refractivity (Wildman–Crippen MR) is 66.1 cm³/mol. The van der Waals surface area contributed by atoms with Crippen LogP contribution in [0.15, 0.2) is 35.1 Å². The number of aryl methyl sites for hydroxylation is 1. The van der Waals surface area contributed by atoms with Crippen LogP contribution in [0.1, 0.15) is 41.5 Å². The smallest absolute Gasteiger partial charge is 0.438 e. The van der Waals surface area contributed by atoms with E-state index in [4.69, 9.17) is 0 Å². The van der Waals surface area contributed by atoms with E-state index >= 15 is 0 Å². The standard InChI is InChI=1S/C14H14F3NO2/c1-8-3-5-10(6-4-8)9(2)12(19)11-13(14(15,16)17)20-7-18-11/h3-7,9,12,19H,1-2H3. The Morgan fingerprint density at radius 1 is 1.20 bits per heavy atom. The third-order valence-electron chi connectivity index (χ3n) is 3.21. The number of hydrogen-bond donors (Lipinski definition) is 1. The van der Waals surface area contributed by atoms with Gasteiger partial charge in [-0.05, 0) is 12.5 Å². The van der Waals surface area contributed by atoms with Crippen molar-refractivity contribution in [2.75, 3.05) is 0 Å². The molecule has 0 bridgehead atoms. The molecule has 0 fully saturated rings. The lowest BCUT2D eigenvalue weighted by molar-refractivity contribution is -0.154. The number of rotatable bonds is 3. The van der Waals surface area contributed by atoms with E-state index in [-0.39, 0.29) is 0 Å². The van der Waals surface area contributed by atoms with E-state index in [1.165, 1.54) is 0 Å². The summed E-state index contributed by atoms with van der Waals surface area (Å²) in [5, 5.41) is 10.1. The van der Waals surface area contributed by atoms with E-state index in [0.717, 1.165) is 11.1 Å². The number of aliphatic hydroxyl groups excluding tert-OH is 1. The molecule has 0 radical (unpaired) electrons. The molecule has 0 spiro atoms. The Kier molecular flexibility index (Phi) is 3.85. The maximum atomic E-state index is 12.7. The van der Waals surface area contributed by atoms with Crippen LogP contribution < -0.4 is 0 Å². The molecule has 108 valence electrons. The molecule has 1 aromatic heterocycles. The first-order chi connectivity index (χ1) is 9.30. The molecular formula is C14H14F3NO2. The van der Waals surface area contributed by atoms with Crippen molar-refractivity contribution in [3.05, 3.63) is 53.2 Å². The highest BCUT2D eigenvalue weighted by Crippen LogP contribution is 2.38. The molecule has 1 heterocycles. The minimum absolute atomic E-state index is 0.481. The first-order valence-corrected chi connectivity index (χ1v) is 6.06. The Morgan fingerprint density at radius 3 is 2.35 bits per heavy atom. The molecular weight excluding hydrogens is 271 g/mol. The second-order valence-corrected chi connectivity index (χ2v) is 4.71. The molecule has 0 saturated carbocycles. The highest BCUT2D eigenvalue weighted by atomic mass is 19.4. The van der Waals surface area contributed by atoms with Gasteiger partial charge < -0.3 is 9.52 Å². The van der Waals surface area contributed by atoms with Crippen LogP contribution in [0.3, 0.4) is 0 Å². The van der Waals surface area contributed by atoms with Crippen LogP contribution in [-0.4, -0.2) is 10.1 Å². The minimum Gasteiger partial charge on any atom is -0.438 e. The highest BCUT2D eigenvalue weighted by molar-refractivity contribution is 5.27. The molecule has 0 saturated heterocycles. The van der Waals surface area contributed by atoms with Crippen LogP contribution in [-0.2, 0) is 6.18 Å². The van der Waals surface area contributed by atoms with Gasteiger partial charge in [-0.25, -0.2) is 4.98 Å². The molecule has 0 aliphatic rings. The number of oxazole rings is 1. The number of nitrogens with zero attached hydrogens (tertiary/aromatic N) is 1. The van der Waals surface area contributed by atoms with Crippen molar-refractivity contribution < 1.29 is 22.7 Å². The molecule has 2 unspecified atom stereocenters. The summed E-state index contributed by atoms with van der Waals surface area (Å²) in [5.41, 5.74) is 1.29. The lowest BCUT2D eigenvalue weighted by Crippen LogP contribution is -2.14. The van der Waals surface area contributed by atoms with Crippen molar-refractivity contribution in [1.82, 2.24) is 4.98 Å². The Hall–Kier alpha value is -1.82. The fourth-order valence-electron chi connectivity index (χ4n) is 1.97. The van der Waals surface area contributed by atoms with Crippen LogP contribution in [0.5, 0.6) is 0 Å². The summed E-state index contributed by atoms with van der Waals surface area (Å²) in [5.74, 6) is -1.77. The molecule has 2 rings (SSSR count). The quantitative estimate of drug-likeness (QED) is 0.932. The van der Waals surface area contributed by atoms with Crippen molar-refractivity contribution in [1.29, 1.82) is 0 Å². The number of aromatic nitrogens is 1. The summed E-state index contributed by atoms with van der Waals surface area (Å²) in [6.45, 7) is 3.55. The van der Waals surface area contributed by atoms with Crippen molar-refractivity contribution in [2.24, 2.45) is 0 Å². The molecule has 20 heavy (non-hydrogen) atoms. The average molecular weight is 285 g/mol. The molecule has 2 atom stereocenters. The molecule has 1 N–H and O–H groups in total. The van der Waals surface area contributed by atoms with Crippen LogP contribution in [0.25, 0.3) is 0 Å². The second kappa shape index (κ2) is 5.28. The third kappa shape index (κ3) is 2.85. The molecule has 1 aromatic carbocycles. The first-order valence-electron chi connectivity index (χ1n) is 6.06. The summed E-state index contributed by atoms with van der Waals surface area (Å²) in [7, 11) is 0. The van der Waals surface area contributed by atoms with Gasteiger partial charge in [-0.1, -0.05) is 36.8 Å². The summed E-state index contributed by atoms with van der Waals surface area (Å²) < 4.78 is 42.5. The lowest BCUT2D eigenvalue weighted by Gasteiger charge is -2.19. The van der Waals surface area contributed by atoms with Crippen LogP contribution >= 0.6 is 0 Å². The van der Waals surface area contributed by atoms with Gasteiger partial charge in [-0.15, -0.1) is 0 Å². The van der Waals surface area contributed by atoms with E-state index in [1.807, 2.05) is 19.1 Å². The highest BCUT2D eigenvalue weighted by Gasteiger charge is 2.41. The molecule has 3 nitrogen and oxygen atoms in total. The van der Waals surface area contributed by atoms with Crippen molar-refractivity contribution in [3.63, 3.8) is 0 Å². The fraction of sp³-hybridized carbons (Fsp3) is 0.357. The van der Waals surface area contributed by atoms with Gasteiger partial charge in [0.25, 0.3) is 0 Å². The first kappa shape index (κ1) is 14.6. The maximum Gasteiger partial charge on any atom is 0.451 e. The normalized spacial score (nSPS) is 15.1. The van der Waals surface area contributed by atoms with Gasteiger partial charge in [0.2, 0.25) is 5.76 Å². The molecule has 0 aliphatic heterocycles. The minimum atomic E-state index is -4.67. The Balaban J connectivity index is 2.29. The van der Waals surface area contributed by atoms with Crippen molar-refractivity contribution >= 4 is 0 Å². The zero-order chi connectivity index (χ0) is 14.9. The Bertz CT molecular complexity index is 575. The van der Waals surface area contributed by atoms with Gasteiger partial charge in [0.15, 0.2) is 6.39 Å². The van der Waals surface area contributed by atoms with Gasteiger partial charge in [0, 0.05) is 5.92 Å². The average Bonchev–Trinajstić information content (AvgIpc) is 2.87. The molecule has 0 amide bonds. The fourth-order valence-corrected chi connectivity index (χ4v) is 1.97. The van der Waals surface area contributed by atoms with E-state index in [9.17, 15) is 18.3 Å². The SMILES string of the molecule is Cc1ccc(C(C)C(O)c2ncoc2C(F)(F)F)cc1. The van der Waals surface area contributed by atoms with Crippen LogP contribution in [0.4, 0.5) is 13.2 Å². The van der Waals surface area contributed by atoms with Gasteiger partial charge >= 0.3 is 6.18 Å². The summed E-state index contributed by atoms with van der Waals surface area (Å²) in [6.07, 6.45) is -5.35. The van der Waals surface area contributed by atoms with E-state index in [2.05, 4.69) is 9.40 Å². The van der Waals surface area contributed by atoms with Gasteiger partial charge in [0.1, 0.15) is 11.8 Å². The third-order valence-corrected chi connectivity index (χ3v) is 3.21. The number of benzene rings is 1. The van der Waals surface area contributed by atoms with Gasteiger partial charge in [-0.2, -0.15) is 13.2 Å². The zero-order valence-electron chi connectivity index (χ0n) is 11.0. The van der Waals surface area contributed by atoms with Gasteiger partial charge in [-0.3, -0.25) is 0 Å². The van der Waals surface area contributed by atoms with E-state index in [0.29, 0.717) is 6.39 Å². The summed E-state index contributed by atoms with van der Waals surface area (Å²) in [6, 6.07) is 7.23. The topological polar surface area (TPSA) is 46.3 Å². The zero-order valence-corrected chi connectivity index (χ0v) is 11.0. The molecule has 2 aromatic rings. The summed E-state index contributed by atoms with van der Waals surface area (Å²) >= 11 is 0. The van der Waals surface area contributed by atoms with Crippen molar-refractivity contribution in [2.45, 2.75) is 32.0 Å². The number of aliphatic hydroxyl groups is 1. The number of hydrogen-bond acceptors (Lipinski definition) is 3. The number of alkyl halides is 3. The Morgan fingerprint density at radius 2 is 1.80 bits per heavy atom. The predicted octanol–water partition coefficient (Wildman–Crippen LogP) is 3.84. The maximum absolute atomic E-state index is 12.7. The van der Waals surface area contributed by atoms with Crippen LogP contribution in [0, 0.1) is 6.92 Å². The lowest BCUT2D eigenvalue weighted by atomic mass is 9.92. The summed E-state index contributed by atoms with van der Waals surface area (Å²) in [4.78, 5) is 3.51. The van der Waals surface area contributed by atoms with E-state index in [1.54, 1.807) is 19.1 Å². The molecule has 0 aliphatic carbocycles. The molecule has 6 heteroatoms.